The molecule has 7 heteroatoms. The molecule has 3 rings (SSSR count). The van der Waals surface area contributed by atoms with Crippen LogP contribution in [0.2, 0.25) is 0 Å². The minimum absolute atomic E-state index is 0. The second-order valence-electron chi connectivity index (χ2n) is 5.55. The second-order valence-corrected chi connectivity index (χ2v) is 5.55. The van der Waals surface area contributed by atoms with Crippen LogP contribution in [-0.2, 0) is 21.3 Å². The Hall–Kier alpha value is -3.31. The molecule has 1 aromatic heterocycles. The molecule has 0 aliphatic rings. The van der Waals surface area contributed by atoms with Crippen LogP contribution in [-0.4, -0.2) is 29.1 Å². The van der Waals surface area contributed by atoms with Crippen molar-refractivity contribution >= 4 is 23.3 Å². The maximum atomic E-state index is 12.4. The minimum atomic E-state index is -1.29. The van der Waals surface area contributed by atoms with Crippen LogP contribution in [0.25, 0.3) is 0 Å². The molecule has 0 aliphatic heterocycles. The predicted octanol–water partition coefficient (Wildman–Crippen LogP) is 1.10. The van der Waals surface area contributed by atoms with Crippen molar-refractivity contribution in [3.05, 3.63) is 95.8 Å². The van der Waals surface area contributed by atoms with E-state index < -0.39 is 18.4 Å². The predicted molar refractivity (Wildman–Crippen MR) is 98.8 cm³/mol. The fourth-order valence-corrected chi connectivity index (χ4v) is 2.50. The smallest absolute Gasteiger partial charge is 0.857 e. The summed E-state index contributed by atoms with van der Waals surface area (Å²) in [6, 6.07) is 21.1. The number of hydrogen-bond donors (Lipinski definition) is 0. The average Bonchev–Trinajstić information content (AvgIpc) is 2.70. The van der Waals surface area contributed by atoms with Gasteiger partial charge in [-0.1, -0.05) is 54.6 Å². The fraction of sp³-hybridized carbons (Fsp3) is 0.0476. The zero-order valence-corrected chi connectivity index (χ0v) is 15.6. The van der Waals surface area contributed by atoms with Crippen LogP contribution in [0.5, 0.6) is 0 Å². The molecule has 0 aliphatic carbocycles. The molecule has 0 saturated carbocycles. The Kier molecular flexibility index (Phi) is 7.60. The third kappa shape index (κ3) is 5.35. The molecular formula is C21H15N3NiO3. The van der Waals surface area contributed by atoms with Crippen molar-refractivity contribution in [1.82, 2.24) is 4.98 Å². The molecule has 3 aromatic rings. The number of hydrogen-bond acceptors (Lipinski definition) is 6. The molecule has 0 amide bonds. The average molecular weight is 416 g/mol. The number of rotatable bonds is 6. The number of carbonyl (C=O) groups is 1. The van der Waals surface area contributed by atoms with Gasteiger partial charge in [-0.15, -0.1) is 0 Å². The number of aliphatic imine (C=N–C) groups is 2. The van der Waals surface area contributed by atoms with Crippen LogP contribution in [0.3, 0.4) is 0 Å². The third-order valence-corrected chi connectivity index (χ3v) is 3.68. The van der Waals surface area contributed by atoms with Crippen molar-refractivity contribution in [3.8, 4) is 0 Å². The number of pyridine rings is 1. The molecule has 0 radical (unpaired) electrons. The van der Waals surface area contributed by atoms with Crippen LogP contribution in [0, 0.1) is 0 Å². The maximum Gasteiger partial charge on any atom is 2.00 e. The molecule has 0 spiro atoms. The van der Waals surface area contributed by atoms with Gasteiger partial charge in [0.25, 0.3) is 0 Å². The monoisotopic (exact) mass is 415 g/mol. The van der Waals surface area contributed by atoms with Crippen molar-refractivity contribution in [1.29, 1.82) is 0 Å². The van der Waals surface area contributed by atoms with Gasteiger partial charge in [-0.25, -0.2) is 0 Å². The number of carboxylic acids is 1. The Bertz CT molecular complexity index is 990. The first-order chi connectivity index (χ1) is 13.1. The molecule has 1 heterocycles. The molecule has 28 heavy (non-hydrogen) atoms. The summed E-state index contributed by atoms with van der Waals surface area (Å²) < 4.78 is 0. The summed E-state index contributed by atoms with van der Waals surface area (Å²) in [5.74, 6) is -1.78. The van der Waals surface area contributed by atoms with E-state index in [9.17, 15) is 15.0 Å². The van der Waals surface area contributed by atoms with Crippen LogP contribution in [0.4, 0.5) is 5.69 Å². The van der Waals surface area contributed by atoms with E-state index in [4.69, 9.17) is 0 Å². The van der Waals surface area contributed by atoms with Gasteiger partial charge in [0, 0.05) is 23.2 Å². The van der Waals surface area contributed by atoms with Crippen molar-refractivity contribution in [2.24, 2.45) is 9.98 Å². The normalized spacial score (nSPS) is 11.6. The van der Waals surface area contributed by atoms with E-state index in [1.54, 1.807) is 42.5 Å². The summed E-state index contributed by atoms with van der Waals surface area (Å²) in [5, 5.41) is 23.3. The van der Waals surface area contributed by atoms with E-state index in [1.807, 2.05) is 30.3 Å². The molecule has 0 atom stereocenters. The van der Waals surface area contributed by atoms with Gasteiger partial charge in [-0.05, 0) is 18.2 Å². The number of carbonyl (C=O) groups excluding carboxylic acids is 1. The van der Waals surface area contributed by atoms with Gasteiger partial charge < -0.3 is 15.0 Å². The van der Waals surface area contributed by atoms with Gasteiger partial charge in [0.05, 0.1) is 29.6 Å². The standard InChI is InChI=1S/C21H17N3O3.Ni/c25-19(26)14-23-20(15-8-2-1-3-9-15)16-10-4-5-11-17(16)24-21(27)18-12-6-7-13-22-18;/h1-13H,14H2,(H,24,27)(H,25,26);/q;+2/p-2. The Morgan fingerprint density at radius 2 is 1.57 bits per heavy atom. The Labute approximate surface area is 172 Å². The minimum Gasteiger partial charge on any atom is -0.857 e. The zero-order valence-electron chi connectivity index (χ0n) is 14.6. The van der Waals surface area contributed by atoms with Gasteiger partial charge in [-0.3, -0.25) is 15.0 Å². The molecule has 0 fully saturated rings. The van der Waals surface area contributed by atoms with Gasteiger partial charge in [0.1, 0.15) is 0 Å². The SMILES string of the molecule is O=C([O-])CN=C(c1ccccc1)c1ccccc1N=C([O-])c1ccccn1.[Ni+2]. The first kappa shape index (κ1) is 21.0. The summed E-state index contributed by atoms with van der Waals surface area (Å²) in [4.78, 5) is 23.2. The number of nitrogens with zero attached hydrogens (tertiary/aromatic N) is 3. The molecule has 0 saturated heterocycles. The molecule has 142 valence electrons. The first-order valence-electron chi connectivity index (χ1n) is 8.21. The van der Waals surface area contributed by atoms with Crippen LogP contribution in [0.15, 0.2) is 89.0 Å². The topological polar surface area (TPSA) is 101 Å². The second kappa shape index (κ2) is 10.1. The summed E-state index contributed by atoms with van der Waals surface area (Å²) in [6.45, 7) is -0.493. The molecule has 0 bridgehead atoms. The number of aromatic nitrogens is 1. The third-order valence-electron chi connectivity index (χ3n) is 3.68. The molecular weight excluding hydrogens is 401 g/mol. The van der Waals surface area contributed by atoms with Gasteiger partial charge in [-0.2, -0.15) is 0 Å². The van der Waals surface area contributed by atoms with Crippen molar-refractivity contribution in [2.75, 3.05) is 6.54 Å². The van der Waals surface area contributed by atoms with E-state index in [1.165, 1.54) is 6.20 Å². The summed E-state index contributed by atoms with van der Waals surface area (Å²) >= 11 is 0. The van der Waals surface area contributed by atoms with E-state index in [0.717, 1.165) is 0 Å². The summed E-state index contributed by atoms with van der Waals surface area (Å²) in [6.07, 6.45) is 1.52. The van der Waals surface area contributed by atoms with Crippen LogP contribution >= 0.6 is 0 Å². The largest absolute Gasteiger partial charge is 2.00 e. The van der Waals surface area contributed by atoms with Crippen molar-refractivity contribution < 1.29 is 31.5 Å². The van der Waals surface area contributed by atoms with Gasteiger partial charge in [0.2, 0.25) is 0 Å². The molecule has 0 N–H and O–H groups in total. The van der Waals surface area contributed by atoms with Gasteiger partial charge >= 0.3 is 16.5 Å². The number of aliphatic carboxylic acids is 1. The van der Waals surface area contributed by atoms with Crippen LogP contribution in [0.1, 0.15) is 16.8 Å². The molecule has 6 nitrogen and oxygen atoms in total. The molecule has 0 unspecified atom stereocenters. The van der Waals surface area contributed by atoms with E-state index in [0.29, 0.717) is 22.5 Å². The van der Waals surface area contributed by atoms with Crippen molar-refractivity contribution in [3.63, 3.8) is 0 Å². The number of carboxylic acid groups (broad SMARTS) is 1. The van der Waals surface area contributed by atoms with Crippen LogP contribution < -0.4 is 10.2 Å². The summed E-state index contributed by atoms with van der Waals surface area (Å²) in [7, 11) is 0. The zero-order chi connectivity index (χ0) is 19.1. The van der Waals surface area contributed by atoms with E-state index in [2.05, 4.69) is 15.0 Å². The Morgan fingerprint density at radius 3 is 2.25 bits per heavy atom. The number of benzene rings is 2. The maximum absolute atomic E-state index is 12.4. The quantitative estimate of drug-likeness (QED) is 0.341. The van der Waals surface area contributed by atoms with Gasteiger partial charge in [0.15, 0.2) is 0 Å². The molecule has 2 aromatic carbocycles. The first-order valence-corrected chi connectivity index (χ1v) is 8.21. The van der Waals surface area contributed by atoms with E-state index in [-0.39, 0.29) is 22.2 Å². The number of para-hydroxylation sites is 1. The summed E-state index contributed by atoms with van der Waals surface area (Å²) in [5.41, 5.74) is 2.29. The Morgan fingerprint density at radius 1 is 0.893 bits per heavy atom. The van der Waals surface area contributed by atoms with E-state index >= 15 is 0 Å². The van der Waals surface area contributed by atoms with Crippen molar-refractivity contribution in [2.45, 2.75) is 0 Å². The Balaban J connectivity index is 0.00000280. The fourth-order valence-electron chi connectivity index (χ4n) is 2.50.